The molecule has 5 heteroatoms. The van der Waals surface area contributed by atoms with Gasteiger partial charge >= 0.3 is 0 Å². The largest absolute Gasteiger partial charge is 0.370 e. The molecule has 1 unspecified atom stereocenters. The molecule has 0 saturated heterocycles. The summed E-state index contributed by atoms with van der Waals surface area (Å²) in [7, 11) is 0. The molecule has 1 N–H and O–H groups in total. The normalized spacial score (nSPS) is 18.1. The van der Waals surface area contributed by atoms with E-state index >= 15 is 0 Å². The third kappa shape index (κ3) is 2.71. The second-order valence-electron chi connectivity index (χ2n) is 4.97. The number of pyridine rings is 1. The van der Waals surface area contributed by atoms with Crippen LogP contribution < -0.4 is 5.32 Å². The number of nitrogens with one attached hydrogen (secondary N) is 1. The molecule has 1 aliphatic rings. The third-order valence-corrected chi connectivity index (χ3v) is 3.49. The van der Waals surface area contributed by atoms with Gasteiger partial charge in [0, 0.05) is 18.3 Å². The molecule has 0 radical (unpaired) electrons. The van der Waals surface area contributed by atoms with Crippen molar-refractivity contribution in [2.75, 3.05) is 11.9 Å². The average Bonchev–Trinajstić information content (AvgIpc) is 2.99. The average molecular weight is 269 g/mol. The molecule has 5 nitrogen and oxygen atoms in total. The Morgan fingerprint density at radius 1 is 1.45 bits per heavy atom. The summed E-state index contributed by atoms with van der Waals surface area (Å²) in [4.78, 5) is 4.27. The molecule has 2 aromatic rings. The molecule has 1 atom stereocenters. The first kappa shape index (κ1) is 12.8. The van der Waals surface area contributed by atoms with Crippen molar-refractivity contribution in [3.63, 3.8) is 0 Å². The van der Waals surface area contributed by atoms with Gasteiger partial charge in [-0.25, -0.2) is 9.67 Å². The Kier molecular flexibility index (Phi) is 3.76. The maximum absolute atomic E-state index is 4.29. The molecular formula is C15H19N5. The highest BCUT2D eigenvalue weighted by Gasteiger charge is 2.13. The Bertz CT molecular complexity index is 602. The van der Waals surface area contributed by atoms with Gasteiger partial charge in [0.05, 0.1) is 12.2 Å². The Morgan fingerprint density at radius 2 is 2.40 bits per heavy atom. The Labute approximate surface area is 118 Å². The van der Waals surface area contributed by atoms with E-state index in [9.17, 15) is 0 Å². The second kappa shape index (κ2) is 5.86. The summed E-state index contributed by atoms with van der Waals surface area (Å²) < 4.78 is 1.96. The van der Waals surface area contributed by atoms with Crippen LogP contribution >= 0.6 is 0 Å². The molecule has 0 spiro atoms. The Morgan fingerprint density at radius 3 is 3.20 bits per heavy atom. The van der Waals surface area contributed by atoms with Gasteiger partial charge in [-0.15, -0.1) is 5.10 Å². The van der Waals surface area contributed by atoms with Crippen molar-refractivity contribution in [3.05, 3.63) is 36.7 Å². The minimum Gasteiger partial charge on any atom is -0.370 e. The van der Waals surface area contributed by atoms with Crippen molar-refractivity contribution >= 4 is 5.82 Å². The van der Waals surface area contributed by atoms with E-state index in [2.05, 4.69) is 39.7 Å². The first-order valence-corrected chi connectivity index (χ1v) is 7.15. The Balaban J connectivity index is 1.84. The van der Waals surface area contributed by atoms with Crippen LogP contribution in [0.1, 0.15) is 32.2 Å². The lowest BCUT2D eigenvalue weighted by Gasteiger charge is -2.15. The van der Waals surface area contributed by atoms with Gasteiger partial charge < -0.3 is 5.32 Å². The molecule has 0 aromatic carbocycles. The van der Waals surface area contributed by atoms with Gasteiger partial charge in [0.2, 0.25) is 0 Å². The van der Waals surface area contributed by atoms with Crippen LogP contribution in [-0.4, -0.2) is 26.5 Å². The van der Waals surface area contributed by atoms with Crippen molar-refractivity contribution in [3.8, 4) is 11.3 Å². The molecule has 0 saturated carbocycles. The summed E-state index contributed by atoms with van der Waals surface area (Å²) >= 11 is 0. The number of allylic oxidation sites excluding steroid dienone is 2. The number of hydrogen-bond donors (Lipinski definition) is 1. The van der Waals surface area contributed by atoms with Crippen LogP contribution in [0.5, 0.6) is 0 Å². The fourth-order valence-electron chi connectivity index (χ4n) is 2.45. The summed E-state index contributed by atoms with van der Waals surface area (Å²) in [5.74, 6) is 0.872. The summed E-state index contributed by atoms with van der Waals surface area (Å²) in [6.07, 6.45) is 11.8. The fourth-order valence-corrected chi connectivity index (χ4v) is 2.45. The second-order valence-corrected chi connectivity index (χ2v) is 4.97. The highest BCUT2D eigenvalue weighted by molar-refractivity contribution is 5.61. The van der Waals surface area contributed by atoms with Crippen LogP contribution in [0.2, 0.25) is 0 Å². The molecule has 20 heavy (non-hydrogen) atoms. The van der Waals surface area contributed by atoms with E-state index < -0.39 is 0 Å². The quantitative estimate of drug-likeness (QED) is 0.867. The summed E-state index contributed by atoms with van der Waals surface area (Å²) in [5.41, 5.74) is 1.94. The highest BCUT2D eigenvalue weighted by atomic mass is 15.4. The van der Waals surface area contributed by atoms with Crippen LogP contribution in [0, 0.1) is 0 Å². The van der Waals surface area contributed by atoms with E-state index in [4.69, 9.17) is 0 Å². The predicted molar refractivity (Wildman–Crippen MR) is 79.4 cm³/mol. The van der Waals surface area contributed by atoms with Gasteiger partial charge in [0.25, 0.3) is 0 Å². The topological polar surface area (TPSA) is 55.6 Å². The number of hydrogen-bond acceptors (Lipinski definition) is 4. The van der Waals surface area contributed by atoms with Crippen molar-refractivity contribution < 1.29 is 0 Å². The van der Waals surface area contributed by atoms with Gasteiger partial charge in [-0.1, -0.05) is 17.4 Å². The molecule has 0 amide bonds. The molecule has 3 rings (SSSR count). The van der Waals surface area contributed by atoms with E-state index in [1.54, 1.807) is 6.20 Å². The molecule has 0 aliphatic heterocycles. The zero-order chi connectivity index (χ0) is 13.8. The van der Waals surface area contributed by atoms with Crippen molar-refractivity contribution in [1.29, 1.82) is 0 Å². The first-order valence-electron chi connectivity index (χ1n) is 7.15. The maximum atomic E-state index is 4.29. The number of anilines is 1. The summed E-state index contributed by atoms with van der Waals surface area (Å²) in [5, 5.41) is 11.8. The van der Waals surface area contributed by atoms with Crippen molar-refractivity contribution in [2.24, 2.45) is 0 Å². The minimum atomic E-state index is 0.347. The molecule has 0 bridgehead atoms. The van der Waals surface area contributed by atoms with E-state index in [-0.39, 0.29) is 0 Å². The van der Waals surface area contributed by atoms with Crippen LogP contribution in [0.3, 0.4) is 0 Å². The lowest BCUT2D eigenvalue weighted by molar-refractivity contribution is 0.462. The molecular weight excluding hydrogens is 250 g/mol. The zero-order valence-corrected chi connectivity index (χ0v) is 11.7. The predicted octanol–water partition coefficient (Wildman–Crippen LogP) is 3.05. The third-order valence-electron chi connectivity index (χ3n) is 3.49. The van der Waals surface area contributed by atoms with Crippen LogP contribution in [0.15, 0.2) is 36.7 Å². The van der Waals surface area contributed by atoms with E-state index in [1.807, 2.05) is 23.0 Å². The molecule has 2 heterocycles. The van der Waals surface area contributed by atoms with E-state index in [0.717, 1.165) is 30.0 Å². The van der Waals surface area contributed by atoms with Gasteiger partial charge in [-0.05, 0) is 38.3 Å². The Hall–Kier alpha value is -2.17. The molecule has 1 aliphatic carbocycles. The molecule has 104 valence electrons. The van der Waals surface area contributed by atoms with Gasteiger partial charge in [-0.3, -0.25) is 0 Å². The lowest BCUT2D eigenvalue weighted by Crippen LogP contribution is -2.09. The van der Waals surface area contributed by atoms with E-state index in [1.165, 1.54) is 12.8 Å². The van der Waals surface area contributed by atoms with Crippen LogP contribution in [0.4, 0.5) is 5.82 Å². The number of rotatable bonds is 4. The number of aromatic nitrogens is 4. The zero-order valence-electron chi connectivity index (χ0n) is 11.7. The van der Waals surface area contributed by atoms with Gasteiger partial charge in [0.1, 0.15) is 11.5 Å². The minimum absolute atomic E-state index is 0.347. The van der Waals surface area contributed by atoms with Crippen molar-refractivity contribution in [1.82, 2.24) is 20.0 Å². The van der Waals surface area contributed by atoms with Crippen LogP contribution in [0.25, 0.3) is 11.3 Å². The molecule has 0 fully saturated rings. The number of nitrogens with zero attached hydrogens (tertiary/aromatic N) is 4. The van der Waals surface area contributed by atoms with Crippen molar-refractivity contribution in [2.45, 2.75) is 32.2 Å². The summed E-state index contributed by atoms with van der Waals surface area (Å²) in [6.45, 7) is 2.91. The summed E-state index contributed by atoms with van der Waals surface area (Å²) in [6, 6.07) is 4.32. The van der Waals surface area contributed by atoms with E-state index in [0.29, 0.717) is 6.04 Å². The lowest BCUT2D eigenvalue weighted by atomic mass is 10.0. The van der Waals surface area contributed by atoms with Gasteiger partial charge in [-0.2, -0.15) is 0 Å². The van der Waals surface area contributed by atoms with Crippen LogP contribution in [-0.2, 0) is 0 Å². The monoisotopic (exact) mass is 269 g/mol. The standard InChI is InChI=1S/C15H19N5/c1-2-16-15-10-12(8-9-17-15)14-11-20(19-18-14)13-6-4-3-5-7-13/h4,6,8-11,13H,2-3,5,7H2,1H3,(H,16,17). The first-order chi connectivity index (χ1) is 9.86. The SMILES string of the molecule is CCNc1cc(-c2cn(C3C=CCCC3)nn2)ccn1. The maximum Gasteiger partial charge on any atom is 0.126 e. The smallest absolute Gasteiger partial charge is 0.126 e. The fraction of sp³-hybridized carbons (Fsp3) is 0.400. The highest BCUT2D eigenvalue weighted by Crippen LogP contribution is 2.24. The molecule has 2 aromatic heterocycles. The van der Waals surface area contributed by atoms with Gasteiger partial charge in [0.15, 0.2) is 0 Å².